The summed E-state index contributed by atoms with van der Waals surface area (Å²) in [6, 6.07) is 0. The number of hydrogen-bond acceptors (Lipinski definition) is 5. The van der Waals surface area contributed by atoms with Crippen LogP contribution in [0.5, 0.6) is 0 Å². The Labute approximate surface area is 88.4 Å². The third kappa shape index (κ3) is 2.68. The molecule has 1 aliphatic rings. The number of hydrogen-bond donors (Lipinski definition) is 1. The first-order valence-corrected chi connectivity index (χ1v) is 6.73. The van der Waals surface area contributed by atoms with Gasteiger partial charge in [0.1, 0.15) is 9.84 Å². The van der Waals surface area contributed by atoms with Crippen LogP contribution >= 0.6 is 0 Å². The van der Waals surface area contributed by atoms with Gasteiger partial charge in [-0.05, 0) is 18.8 Å². The molecule has 0 spiro atoms. The third-order valence-electron chi connectivity index (χ3n) is 2.65. The van der Waals surface area contributed by atoms with E-state index in [9.17, 15) is 8.42 Å². The molecule has 7 heteroatoms. The van der Waals surface area contributed by atoms with Gasteiger partial charge < -0.3 is 5.73 Å². The zero-order valence-electron chi connectivity index (χ0n) is 8.33. The fourth-order valence-electron chi connectivity index (χ4n) is 1.75. The number of nitrogens with two attached hydrogens (primary N) is 1. The Morgan fingerprint density at radius 3 is 2.67 bits per heavy atom. The van der Waals surface area contributed by atoms with Crippen LogP contribution in [-0.4, -0.2) is 34.9 Å². The Bertz CT molecular complexity index is 425. The molecule has 0 radical (unpaired) electrons. The maximum Gasteiger partial charge on any atom is 0.165 e. The molecule has 15 heavy (non-hydrogen) atoms. The van der Waals surface area contributed by atoms with Crippen molar-refractivity contribution in [3.63, 3.8) is 0 Å². The first-order chi connectivity index (χ1) is 7.05. The summed E-state index contributed by atoms with van der Waals surface area (Å²) in [5, 5.41) is 7.95. The highest BCUT2D eigenvalue weighted by Gasteiger charge is 2.24. The average Bonchev–Trinajstić information content (AvgIpc) is 2.55. The van der Waals surface area contributed by atoms with Crippen LogP contribution in [0.2, 0.25) is 0 Å². The molecule has 1 aliphatic heterocycles. The molecule has 0 bridgehead atoms. The van der Waals surface area contributed by atoms with Crippen LogP contribution in [0.25, 0.3) is 0 Å². The van der Waals surface area contributed by atoms with Crippen LogP contribution in [0.15, 0.2) is 6.20 Å². The van der Waals surface area contributed by atoms with Crippen molar-refractivity contribution in [1.29, 1.82) is 0 Å². The highest BCUT2D eigenvalue weighted by atomic mass is 32.2. The van der Waals surface area contributed by atoms with Crippen LogP contribution in [-0.2, 0) is 16.4 Å². The summed E-state index contributed by atoms with van der Waals surface area (Å²) in [7, 11) is -2.78. The number of anilines is 1. The van der Waals surface area contributed by atoms with Gasteiger partial charge in [-0.1, -0.05) is 0 Å². The molecule has 1 aromatic rings. The number of sulfone groups is 1. The third-order valence-corrected chi connectivity index (χ3v) is 4.37. The zero-order chi connectivity index (χ0) is 10.9. The van der Waals surface area contributed by atoms with Gasteiger partial charge in [-0.3, -0.25) is 0 Å². The summed E-state index contributed by atoms with van der Waals surface area (Å²) in [6.07, 6.45) is 2.90. The van der Waals surface area contributed by atoms with Crippen molar-refractivity contribution < 1.29 is 8.42 Å². The highest BCUT2D eigenvalue weighted by molar-refractivity contribution is 7.91. The molecular formula is C8H14N4O2S. The Morgan fingerprint density at radius 2 is 2.13 bits per heavy atom. The Morgan fingerprint density at radius 1 is 1.47 bits per heavy atom. The van der Waals surface area contributed by atoms with Crippen LogP contribution in [0.1, 0.15) is 12.8 Å². The summed E-state index contributed by atoms with van der Waals surface area (Å²) >= 11 is 0. The first-order valence-electron chi connectivity index (χ1n) is 4.91. The van der Waals surface area contributed by atoms with Crippen LogP contribution in [0.4, 0.5) is 5.82 Å². The molecule has 0 unspecified atom stereocenters. The van der Waals surface area contributed by atoms with E-state index in [1.165, 1.54) is 11.0 Å². The minimum Gasteiger partial charge on any atom is -0.381 e. The second-order valence-electron chi connectivity index (χ2n) is 3.92. The van der Waals surface area contributed by atoms with Crippen molar-refractivity contribution in [3.05, 3.63) is 6.20 Å². The van der Waals surface area contributed by atoms with Gasteiger partial charge in [0.25, 0.3) is 0 Å². The van der Waals surface area contributed by atoms with Gasteiger partial charge in [-0.25, -0.2) is 8.42 Å². The van der Waals surface area contributed by atoms with E-state index in [1.54, 1.807) is 0 Å². The predicted molar refractivity (Wildman–Crippen MR) is 55.8 cm³/mol. The van der Waals surface area contributed by atoms with Crippen molar-refractivity contribution in [2.24, 2.45) is 5.92 Å². The second-order valence-corrected chi connectivity index (χ2v) is 6.22. The summed E-state index contributed by atoms with van der Waals surface area (Å²) in [6.45, 7) is 0.659. The number of nitrogen functional groups attached to an aromatic ring is 1. The maximum atomic E-state index is 11.2. The zero-order valence-corrected chi connectivity index (χ0v) is 9.15. The van der Waals surface area contributed by atoms with E-state index >= 15 is 0 Å². The lowest BCUT2D eigenvalue weighted by molar-refractivity contribution is 0.360. The molecule has 0 aliphatic carbocycles. The molecule has 1 aromatic heterocycles. The van der Waals surface area contributed by atoms with Crippen molar-refractivity contribution in [2.45, 2.75) is 19.4 Å². The molecule has 1 fully saturated rings. The van der Waals surface area contributed by atoms with E-state index in [1.807, 2.05) is 0 Å². The van der Waals surface area contributed by atoms with Gasteiger partial charge in [-0.15, -0.1) is 5.10 Å². The van der Waals surface area contributed by atoms with Crippen molar-refractivity contribution in [2.75, 3.05) is 17.2 Å². The Hall–Kier alpha value is -1.11. The number of rotatable bonds is 2. The molecule has 1 saturated heterocycles. The van der Waals surface area contributed by atoms with Gasteiger partial charge in [-0.2, -0.15) is 9.90 Å². The topological polar surface area (TPSA) is 90.9 Å². The highest BCUT2D eigenvalue weighted by Crippen LogP contribution is 2.19. The summed E-state index contributed by atoms with van der Waals surface area (Å²) in [5.41, 5.74) is 5.44. The predicted octanol–water partition coefficient (Wildman–Crippen LogP) is -0.315. The van der Waals surface area contributed by atoms with E-state index in [0.29, 0.717) is 31.1 Å². The van der Waals surface area contributed by atoms with E-state index in [2.05, 4.69) is 10.2 Å². The lowest BCUT2D eigenvalue weighted by Crippen LogP contribution is -2.26. The lowest BCUT2D eigenvalue weighted by atomic mass is 10.0. The fourth-order valence-corrected chi connectivity index (χ4v) is 3.34. The summed E-state index contributed by atoms with van der Waals surface area (Å²) in [5.74, 6) is 1.32. The van der Waals surface area contributed by atoms with Gasteiger partial charge in [0.15, 0.2) is 5.82 Å². The molecule has 0 aromatic carbocycles. The van der Waals surface area contributed by atoms with E-state index in [4.69, 9.17) is 5.73 Å². The summed E-state index contributed by atoms with van der Waals surface area (Å²) < 4.78 is 22.4. The van der Waals surface area contributed by atoms with Gasteiger partial charge in [0.2, 0.25) is 0 Å². The molecule has 0 saturated carbocycles. The van der Waals surface area contributed by atoms with Crippen LogP contribution < -0.4 is 5.73 Å². The quantitative estimate of drug-likeness (QED) is 0.752. The minimum atomic E-state index is -2.78. The molecular weight excluding hydrogens is 216 g/mol. The molecule has 2 rings (SSSR count). The molecule has 6 nitrogen and oxygen atoms in total. The monoisotopic (exact) mass is 230 g/mol. The smallest absolute Gasteiger partial charge is 0.165 e. The molecule has 84 valence electrons. The summed E-state index contributed by atoms with van der Waals surface area (Å²) in [4.78, 5) is 1.54. The van der Waals surface area contributed by atoms with Crippen molar-refractivity contribution in [3.8, 4) is 0 Å². The van der Waals surface area contributed by atoms with Crippen molar-refractivity contribution >= 4 is 15.7 Å². The normalized spacial score (nSPS) is 21.6. The maximum absolute atomic E-state index is 11.2. The molecule has 0 amide bonds. The number of nitrogens with zero attached hydrogens (tertiary/aromatic N) is 3. The van der Waals surface area contributed by atoms with Crippen LogP contribution in [0, 0.1) is 5.92 Å². The first kappa shape index (κ1) is 10.4. The lowest BCUT2D eigenvalue weighted by Gasteiger charge is -2.20. The Kier molecular flexibility index (Phi) is 2.64. The molecule has 2 N–H and O–H groups in total. The Balaban J connectivity index is 1.92. The second kappa shape index (κ2) is 3.80. The average molecular weight is 230 g/mol. The standard InChI is InChI=1S/C8H14N4O2S/c9-8-5-10-12(11-8)6-7-1-3-15(13,14)4-2-7/h5,7H,1-4,6H2,(H2,9,11). The molecule has 2 heterocycles. The van der Waals surface area contributed by atoms with E-state index < -0.39 is 9.84 Å². The van der Waals surface area contributed by atoms with Gasteiger partial charge in [0.05, 0.1) is 24.2 Å². The van der Waals surface area contributed by atoms with Crippen molar-refractivity contribution in [1.82, 2.24) is 15.0 Å². The van der Waals surface area contributed by atoms with Gasteiger partial charge >= 0.3 is 0 Å². The van der Waals surface area contributed by atoms with E-state index in [-0.39, 0.29) is 11.5 Å². The SMILES string of the molecule is Nc1cnn(CC2CCS(=O)(=O)CC2)n1. The molecule has 0 atom stereocenters. The van der Waals surface area contributed by atoms with E-state index in [0.717, 1.165) is 0 Å². The van der Waals surface area contributed by atoms with Gasteiger partial charge in [0, 0.05) is 0 Å². The number of aromatic nitrogens is 3. The largest absolute Gasteiger partial charge is 0.381 e. The fraction of sp³-hybridized carbons (Fsp3) is 0.750. The van der Waals surface area contributed by atoms with Crippen LogP contribution in [0.3, 0.4) is 0 Å². The minimum absolute atomic E-state index is 0.286.